The van der Waals surface area contributed by atoms with Crippen molar-refractivity contribution in [3.8, 4) is 11.5 Å². The van der Waals surface area contributed by atoms with Crippen LogP contribution in [-0.4, -0.2) is 35.4 Å². The van der Waals surface area contributed by atoms with Crippen LogP contribution in [0.15, 0.2) is 78.9 Å². The zero-order valence-electron chi connectivity index (χ0n) is 17.9. The summed E-state index contributed by atoms with van der Waals surface area (Å²) < 4.78 is 12.1. The third kappa shape index (κ3) is 6.83. The maximum Gasteiger partial charge on any atom is 0.255 e. The van der Waals surface area contributed by atoms with Crippen molar-refractivity contribution in [2.24, 2.45) is 0 Å². The largest absolute Gasteiger partial charge is 0.485 e. The molecule has 32 heavy (non-hydrogen) atoms. The average molecular weight is 436 g/mol. The van der Waals surface area contributed by atoms with Gasteiger partial charge in [-0.2, -0.15) is 0 Å². The van der Waals surface area contributed by atoms with E-state index in [9.17, 15) is 9.90 Å². The van der Waals surface area contributed by atoms with Crippen LogP contribution < -0.4 is 14.8 Å². The summed E-state index contributed by atoms with van der Waals surface area (Å²) in [6, 6.07) is 24.2. The molecule has 6 heteroatoms. The monoisotopic (exact) mass is 435 g/mol. The number of hydrogen-bond acceptors (Lipinski definition) is 5. The maximum atomic E-state index is 13.0. The van der Waals surface area contributed by atoms with Crippen LogP contribution in [0.1, 0.15) is 34.3 Å². The zero-order chi connectivity index (χ0) is 22.6. The van der Waals surface area contributed by atoms with Crippen molar-refractivity contribution in [3.63, 3.8) is 0 Å². The summed E-state index contributed by atoms with van der Waals surface area (Å²) in [7, 11) is 0. The van der Waals surface area contributed by atoms with Gasteiger partial charge in [0, 0.05) is 6.61 Å². The normalized spacial score (nSPS) is 11.6. The molecular weight excluding hydrogens is 406 g/mol. The molecule has 0 radical (unpaired) electrons. The highest BCUT2D eigenvalue weighted by atomic mass is 16.5. The molecule has 3 aromatic rings. The number of benzene rings is 3. The molecule has 0 aliphatic heterocycles. The highest BCUT2D eigenvalue weighted by Gasteiger charge is 2.20. The Labute approximate surface area is 188 Å². The van der Waals surface area contributed by atoms with Crippen molar-refractivity contribution in [2.45, 2.75) is 32.1 Å². The number of ether oxygens (including phenoxy) is 2. The quantitative estimate of drug-likeness (QED) is 0.404. The third-order valence-corrected chi connectivity index (χ3v) is 4.95. The smallest absolute Gasteiger partial charge is 0.255 e. The predicted octanol–water partition coefficient (Wildman–Crippen LogP) is 3.71. The molecule has 6 nitrogen and oxygen atoms in total. The molecular formula is C26H29NO5. The number of aliphatic hydroxyl groups excluding tert-OH is 2. The lowest BCUT2D eigenvalue weighted by Crippen LogP contribution is -2.37. The van der Waals surface area contributed by atoms with Gasteiger partial charge in [-0.15, -0.1) is 0 Å². The van der Waals surface area contributed by atoms with Crippen molar-refractivity contribution in [1.29, 1.82) is 0 Å². The third-order valence-electron chi connectivity index (χ3n) is 4.95. The fourth-order valence-electron chi connectivity index (χ4n) is 3.23. The molecule has 168 valence electrons. The van der Waals surface area contributed by atoms with Gasteiger partial charge < -0.3 is 25.0 Å². The topological polar surface area (TPSA) is 88.0 Å². The van der Waals surface area contributed by atoms with Crippen LogP contribution in [0.2, 0.25) is 0 Å². The van der Waals surface area contributed by atoms with Crippen LogP contribution in [0.4, 0.5) is 0 Å². The molecule has 0 fully saturated rings. The lowest BCUT2D eigenvalue weighted by atomic mass is 10.1. The Kier molecular flexibility index (Phi) is 9.10. The number of rotatable bonds is 12. The lowest BCUT2D eigenvalue weighted by molar-refractivity contribution is 0.0903. The van der Waals surface area contributed by atoms with E-state index in [4.69, 9.17) is 14.6 Å². The second-order valence-corrected chi connectivity index (χ2v) is 7.40. The fourth-order valence-corrected chi connectivity index (χ4v) is 3.23. The lowest BCUT2D eigenvalue weighted by Gasteiger charge is -2.19. The maximum absolute atomic E-state index is 13.0. The first-order valence-electron chi connectivity index (χ1n) is 10.7. The average Bonchev–Trinajstić information content (AvgIpc) is 2.85. The minimum Gasteiger partial charge on any atom is -0.485 e. The predicted molar refractivity (Wildman–Crippen MR) is 123 cm³/mol. The van der Waals surface area contributed by atoms with Crippen LogP contribution in [0.3, 0.4) is 0 Å². The molecule has 0 aromatic heterocycles. The van der Waals surface area contributed by atoms with Crippen molar-refractivity contribution < 1.29 is 24.5 Å². The van der Waals surface area contributed by atoms with Gasteiger partial charge >= 0.3 is 0 Å². The highest BCUT2D eigenvalue weighted by molar-refractivity contribution is 5.98. The number of aliphatic hydroxyl groups is 2. The van der Waals surface area contributed by atoms with Gasteiger partial charge in [0.25, 0.3) is 5.91 Å². The van der Waals surface area contributed by atoms with Crippen LogP contribution >= 0.6 is 0 Å². The molecule has 0 heterocycles. The second kappa shape index (κ2) is 12.5. The number of hydrogen-bond donors (Lipinski definition) is 3. The van der Waals surface area contributed by atoms with E-state index < -0.39 is 6.04 Å². The van der Waals surface area contributed by atoms with Crippen LogP contribution in [0, 0.1) is 0 Å². The zero-order valence-corrected chi connectivity index (χ0v) is 17.9. The van der Waals surface area contributed by atoms with Gasteiger partial charge in [0.1, 0.15) is 13.2 Å². The molecule has 3 aromatic carbocycles. The number of carbonyl (C=O) groups is 1. The molecule has 3 rings (SSSR count). The Hall–Kier alpha value is -3.35. The van der Waals surface area contributed by atoms with Gasteiger partial charge in [-0.1, -0.05) is 66.7 Å². The molecule has 3 N–H and O–H groups in total. The standard InChI is InChI=1S/C26H29NO5/c28-16-8-13-22(17-29)27-26(30)23-14-7-15-24(31-18-20-9-3-1-4-10-20)25(23)32-19-21-11-5-2-6-12-21/h1-7,9-12,14-15,22,28-29H,8,13,16-19H2,(H,27,30)/t22-/m1/s1/i17+0. The Morgan fingerprint density at radius 1 is 0.812 bits per heavy atom. The summed E-state index contributed by atoms with van der Waals surface area (Å²) in [5.41, 5.74) is 2.29. The molecule has 0 bridgehead atoms. The van der Waals surface area contributed by atoms with E-state index in [2.05, 4.69) is 5.32 Å². The summed E-state index contributed by atoms with van der Waals surface area (Å²) in [5, 5.41) is 21.4. The van der Waals surface area contributed by atoms with E-state index in [1.54, 1.807) is 18.2 Å². The summed E-state index contributed by atoms with van der Waals surface area (Å²) in [6.45, 7) is 0.404. The Morgan fingerprint density at radius 3 is 2.03 bits per heavy atom. The molecule has 0 aliphatic rings. The Morgan fingerprint density at radius 2 is 1.44 bits per heavy atom. The summed E-state index contributed by atoms with van der Waals surface area (Å²) in [6.07, 6.45) is 0.965. The first kappa shape index (κ1) is 23.3. The van der Waals surface area contributed by atoms with Crippen molar-refractivity contribution >= 4 is 5.91 Å². The van der Waals surface area contributed by atoms with E-state index >= 15 is 0 Å². The van der Waals surface area contributed by atoms with Crippen molar-refractivity contribution in [3.05, 3.63) is 95.6 Å². The fraction of sp³-hybridized carbons (Fsp3) is 0.269. The summed E-state index contributed by atoms with van der Waals surface area (Å²) in [4.78, 5) is 13.0. The molecule has 0 saturated carbocycles. The molecule has 0 unspecified atom stereocenters. The second-order valence-electron chi connectivity index (χ2n) is 7.40. The van der Waals surface area contributed by atoms with Gasteiger partial charge in [-0.3, -0.25) is 4.79 Å². The van der Waals surface area contributed by atoms with Crippen LogP contribution in [0.25, 0.3) is 0 Å². The first-order chi connectivity index (χ1) is 15.7. The highest BCUT2D eigenvalue weighted by Crippen LogP contribution is 2.33. The van der Waals surface area contributed by atoms with E-state index in [0.29, 0.717) is 36.5 Å². The molecule has 0 saturated heterocycles. The van der Waals surface area contributed by atoms with Gasteiger partial charge in [0.15, 0.2) is 11.5 Å². The summed E-state index contributed by atoms with van der Waals surface area (Å²) >= 11 is 0. The van der Waals surface area contributed by atoms with E-state index in [1.165, 1.54) is 0 Å². The molecule has 1 amide bonds. The number of nitrogens with one attached hydrogen (secondary N) is 1. The van der Waals surface area contributed by atoms with Crippen molar-refractivity contribution in [1.82, 2.24) is 5.32 Å². The number of carbonyl (C=O) groups excluding carboxylic acids is 1. The van der Waals surface area contributed by atoms with Crippen LogP contribution in [0.5, 0.6) is 11.5 Å². The molecule has 1 atom stereocenters. The first-order valence-corrected chi connectivity index (χ1v) is 10.7. The van der Waals surface area contributed by atoms with Gasteiger partial charge in [-0.25, -0.2) is 0 Å². The summed E-state index contributed by atoms with van der Waals surface area (Å²) in [5.74, 6) is 0.451. The van der Waals surface area contributed by atoms with E-state index in [1.807, 2.05) is 60.7 Å². The number of para-hydroxylation sites is 1. The van der Waals surface area contributed by atoms with Gasteiger partial charge in [0.2, 0.25) is 0 Å². The van der Waals surface area contributed by atoms with E-state index in [0.717, 1.165) is 11.1 Å². The van der Waals surface area contributed by atoms with Crippen LogP contribution in [-0.2, 0) is 13.2 Å². The van der Waals surface area contributed by atoms with Gasteiger partial charge in [-0.05, 0) is 36.1 Å². The minimum atomic E-state index is -0.453. The Balaban J connectivity index is 1.82. The van der Waals surface area contributed by atoms with Gasteiger partial charge in [0.05, 0.1) is 18.2 Å². The van der Waals surface area contributed by atoms with E-state index in [-0.39, 0.29) is 25.7 Å². The minimum absolute atomic E-state index is 0.000613. The molecule has 0 aliphatic carbocycles. The van der Waals surface area contributed by atoms with Crippen molar-refractivity contribution in [2.75, 3.05) is 13.2 Å². The molecule has 0 spiro atoms. The number of amides is 1. The SMILES string of the molecule is O=C(N[C@H](CCCO)[12CH2]O)c1cccc(OCc2ccccc2)c1OCc1ccccc1. The Bertz CT molecular complexity index is 962.